The molecule has 4 heteroatoms. The predicted octanol–water partition coefficient (Wildman–Crippen LogP) is 2.09. The summed E-state index contributed by atoms with van der Waals surface area (Å²) in [6, 6.07) is 0.498. The normalized spacial score (nSPS) is 22.7. The van der Waals surface area contributed by atoms with Gasteiger partial charge in [0.25, 0.3) is 0 Å². The maximum Gasteiger partial charge on any atom is 0.323 e. The van der Waals surface area contributed by atoms with Gasteiger partial charge in [-0.1, -0.05) is 6.42 Å². The monoisotopic (exact) mass is 256 g/mol. The molecule has 0 aromatic rings. The summed E-state index contributed by atoms with van der Waals surface area (Å²) < 4.78 is 0. The minimum Gasteiger partial charge on any atom is -0.480 e. The average molecular weight is 256 g/mol. The van der Waals surface area contributed by atoms with Crippen molar-refractivity contribution in [1.29, 1.82) is 0 Å². The van der Waals surface area contributed by atoms with E-state index in [1.54, 1.807) is 6.92 Å². The molecule has 2 atom stereocenters. The third-order valence-electron chi connectivity index (χ3n) is 3.80. The lowest BCUT2D eigenvalue weighted by Gasteiger charge is -2.38. The number of hydrogen-bond acceptors (Lipinski definition) is 3. The average Bonchev–Trinajstić information content (AvgIpc) is 2.28. The number of nitrogens with one attached hydrogen (secondary N) is 1. The summed E-state index contributed by atoms with van der Waals surface area (Å²) in [6.45, 7) is 10.2. The molecule has 1 aliphatic heterocycles. The van der Waals surface area contributed by atoms with Crippen LogP contribution in [0.2, 0.25) is 0 Å². The number of hydrogen-bond donors (Lipinski definition) is 2. The van der Waals surface area contributed by atoms with Crippen LogP contribution in [0.15, 0.2) is 0 Å². The van der Waals surface area contributed by atoms with Gasteiger partial charge in [-0.05, 0) is 60.0 Å². The van der Waals surface area contributed by atoms with Crippen LogP contribution in [0.3, 0.4) is 0 Å². The van der Waals surface area contributed by atoms with Crippen LogP contribution in [-0.2, 0) is 4.79 Å². The molecule has 18 heavy (non-hydrogen) atoms. The van der Waals surface area contributed by atoms with Crippen molar-refractivity contribution in [2.24, 2.45) is 0 Å². The Balaban J connectivity index is 2.61. The van der Waals surface area contributed by atoms with Crippen molar-refractivity contribution in [2.75, 3.05) is 13.1 Å². The molecule has 0 radical (unpaired) electrons. The van der Waals surface area contributed by atoms with Crippen LogP contribution < -0.4 is 5.32 Å². The van der Waals surface area contributed by atoms with Gasteiger partial charge in [-0.15, -0.1) is 0 Å². The van der Waals surface area contributed by atoms with Gasteiger partial charge in [0, 0.05) is 12.1 Å². The molecule has 0 bridgehead atoms. The Kier molecular flexibility index (Phi) is 5.60. The van der Waals surface area contributed by atoms with Crippen molar-refractivity contribution in [2.45, 2.75) is 71.0 Å². The summed E-state index contributed by atoms with van der Waals surface area (Å²) in [6.07, 6.45) is 4.45. The van der Waals surface area contributed by atoms with Gasteiger partial charge in [0.1, 0.15) is 5.54 Å². The first-order valence-electron chi connectivity index (χ1n) is 7.10. The number of carbonyl (C=O) groups is 1. The Labute approximate surface area is 111 Å². The molecule has 4 nitrogen and oxygen atoms in total. The molecule has 1 aliphatic rings. The van der Waals surface area contributed by atoms with E-state index in [-0.39, 0.29) is 6.04 Å². The van der Waals surface area contributed by atoms with Gasteiger partial charge in [-0.3, -0.25) is 10.1 Å². The van der Waals surface area contributed by atoms with Crippen LogP contribution in [0.1, 0.15) is 53.4 Å². The van der Waals surface area contributed by atoms with Gasteiger partial charge in [0.15, 0.2) is 0 Å². The molecule has 1 saturated heterocycles. The fourth-order valence-corrected chi connectivity index (χ4v) is 2.92. The van der Waals surface area contributed by atoms with E-state index in [1.807, 2.05) is 13.8 Å². The first kappa shape index (κ1) is 15.4. The molecule has 0 aromatic carbocycles. The quantitative estimate of drug-likeness (QED) is 0.764. The first-order chi connectivity index (χ1) is 8.35. The number of likely N-dealkylation sites (tertiary alicyclic amines) is 1. The van der Waals surface area contributed by atoms with Crippen LogP contribution in [0.5, 0.6) is 0 Å². The van der Waals surface area contributed by atoms with Crippen molar-refractivity contribution < 1.29 is 9.90 Å². The van der Waals surface area contributed by atoms with Crippen molar-refractivity contribution >= 4 is 5.97 Å². The van der Waals surface area contributed by atoms with E-state index in [0.717, 1.165) is 13.1 Å². The number of carboxylic acids is 1. The highest BCUT2D eigenvalue weighted by Gasteiger charge is 2.36. The molecule has 0 saturated carbocycles. The SMILES string of the molecule is CC(C)NC(C)(CC(C)N1CCCCC1)C(=O)O. The molecular formula is C14H28N2O2. The van der Waals surface area contributed by atoms with Crippen LogP contribution in [0.4, 0.5) is 0 Å². The first-order valence-corrected chi connectivity index (χ1v) is 7.10. The molecule has 1 fully saturated rings. The molecule has 2 N–H and O–H groups in total. The number of aliphatic carboxylic acids is 1. The standard InChI is InChI=1S/C14H28N2O2/c1-11(2)15-14(4,13(17)18)10-12(3)16-8-6-5-7-9-16/h11-12,15H,5-10H2,1-4H3,(H,17,18). The largest absolute Gasteiger partial charge is 0.480 e. The third kappa shape index (κ3) is 4.25. The Morgan fingerprint density at radius 1 is 1.28 bits per heavy atom. The predicted molar refractivity (Wildman–Crippen MR) is 73.8 cm³/mol. The molecule has 0 spiro atoms. The summed E-state index contributed by atoms with van der Waals surface area (Å²) in [4.78, 5) is 13.9. The van der Waals surface area contributed by atoms with Gasteiger partial charge < -0.3 is 10.0 Å². The summed E-state index contributed by atoms with van der Waals surface area (Å²) in [5, 5.41) is 12.6. The number of piperidine rings is 1. The molecular weight excluding hydrogens is 228 g/mol. The summed E-state index contributed by atoms with van der Waals surface area (Å²) in [5.41, 5.74) is -0.828. The minimum absolute atomic E-state index is 0.180. The van der Waals surface area contributed by atoms with Crippen molar-refractivity contribution in [3.63, 3.8) is 0 Å². The lowest BCUT2D eigenvalue weighted by Crippen LogP contribution is -2.56. The Morgan fingerprint density at radius 2 is 1.83 bits per heavy atom. The van der Waals surface area contributed by atoms with E-state index in [9.17, 15) is 9.90 Å². The number of nitrogens with zero attached hydrogens (tertiary/aromatic N) is 1. The second-order valence-electron chi connectivity index (χ2n) is 6.09. The molecule has 1 rings (SSSR count). The maximum atomic E-state index is 11.5. The fourth-order valence-electron chi connectivity index (χ4n) is 2.92. The van der Waals surface area contributed by atoms with Gasteiger partial charge in [0.2, 0.25) is 0 Å². The highest BCUT2D eigenvalue weighted by molar-refractivity contribution is 5.78. The van der Waals surface area contributed by atoms with Gasteiger partial charge in [-0.2, -0.15) is 0 Å². The van der Waals surface area contributed by atoms with Crippen molar-refractivity contribution in [3.8, 4) is 0 Å². The Morgan fingerprint density at radius 3 is 2.28 bits per heavy atom. The van der Waals surface area contributed by atoms with Gasteiger partial charge >= 0.3 is 5.97 Å². The van der Waals surface area contributed by atoms with E-state index < -0.39 is 11.5 Å². The minimum atomic E-state index is -0.828. The van der Waals surface area contributed by atoms with E-state index >= 15 is 0 Å². The van der Waals surface area contributed by atoms with Gasteiger partial charge in [0.05, 0.1) is 0 Å². The molecule has 0 aliphatic carbocycles. The zero-order valence-electron chi connectivity index (χ0n) is 12.2. The van der Waals surface area contributed by atoms with E-state index in [1.165, 1.54) is 19.3 Å². The Hall–Kier alpha value is -0.610. The molecule has 2 unspecified atom stereocenters. The van der Waals surface area contributed by atoms with E-state index in [4.69, 9.17) is 0 Å². The highest BCUT2D eigenvalue weighted by atomic mass is 16.4. The smallest absolute Gasteiger partial charge is 0.323 e. The number of rotatable bonds is 6. The highest BCUT2D eigenvalue weighted by Crippen LogP contribution is 2.21. The lowest BCUT2D eigenvalue weighted by molar-refractivity contribution is -0.145. The number of carboxylic acid groups (broad SMARTS) is 1. The van der Waals surface area contributed by atoms with Gasteiger partial charge in [-0.25, -0.2) is 0 Å². The van der Waals surface area contributed by atoms with E-state index in [2.05, 4.69) is 17.1 Å². The second kappa shape index (κ2) is 6.53. The van der Waals surface area contributed by atoms with Crippen LogP contribution in [-0.4, -0.2) is 46.7 Å². The van der Waals surface area contributed by atoms with Crippen LogP contribution >= 0.6 is 0 Å². The topological polar surface area (TPSA) is 52.6 Å². The van der Waals surface area contributed by atoms with Crippen LogP contribution in [0.25, 0.3) is 0 Å². The zero-order valence-corrected chi connectivity index (χ0v) is 12.2. The molecule has 1 heterocycles. The molecule has 106 valence electrons. The van der Waals surface area contributed by atoms with Crippen molar-refractivity contribution in [1.82, 2.24) is 10.2 Å². The van der Waals surface area contributed by atoms with Crippen molar-refractivity contribution in [3.05, 3.63) is 0 Å². The third-order valence-corrected chi connectivity index (χ3v) is 3.80. The summed E-state index contributed by atoms with van der Waals surface area (Å²) >= 11 is 0. The van der Waals surface area contributed by atoms with Crippen LogP contribution in [0, 0.1) is 0 Å². The fraction of sp³-hybridized carbons (Fsp3) is 0.929. The summed E-state index contributed by atoms with van der Waals surface area (Å²) in [5.74, 6) is -0.750. The lowest BCUT2D eigenvalue weighted by atomic mass is 9.91. The molecule has 0 amide bonds. The zero-order chi connectivity index (χ0) is 13.8. The molecule has 0 aromatic heterocycles. The second-order valence-corrected chi connectivity index (χ2v) is 6.09. The summed E-state index contributed by atoms with van der Waals surface area (Å²) in [7, 11) is 0. The Bertz CT molecular complexity index is 275. The van der Waals surface area contributed by atoms with E-state index in [0.29, 0.717) is 12.5 Å². The maximum absolute atomic E-state index is 11.5.